The predicted molar refractivity (Wildman–Crippen MR) is 154 cm³/mol. The molecule has 40 heavy (non-hydrogen) atoms. The van der Waals surface area contributed by atoms with E-state index in [0.29, 0.717) is 20.9 Å². The van der Waals surface area contributed by atoms with Gasteiger partial charge in [0.15, 0.2) is 0 Å². The van der Waals surface area contributed by atoms with Gasteiger partial charge in [-0.3, -0.25) is 0 Å². The van der Waals surface area contributed by atoms with Gasteiger partial charge in [-0.1, -0.05) is 87.0 Å². The summed E-state index contributed by atoms with van der Waals surface area (Å²) in [6.45, 7) is 5.38. The summed E-state index contributed by atoms with van der Waals surface area (Å²) in [6.07, 6.45) is 4.14. The summed E-state index contributed by atoms with van der Waals surface area (Å²) in [4.78, 5) is 1.54. The molecule has 0 nitrogen and oxygen atoms in total. The van der Waals surface area contributed by atoms with Crippen molar-refractivity contribution in [3.63, 3.8) is 0 Å². The third-order valence-corrected chi connectivity index (χ3v) is 9.47. The molecule has 1 aliphatic carbocycles. The van der Waals surface area contributed by atoms with Crippen LogP contribution in [0.3, 0.4) is 0 Å². The van der Waals surface area contributed by atoms with Gasteiger partial charge >= 0.3 is 17.8 Å². The molecule has 5 rings (SSSR count). The number of halogens is 6. The molecular formula is C32H26F6S2. The lowest BCUT2D eigenvalue weighted by Gasteiger charge is -2.25. The zero-order valence-corrected chi connectivity index (χ0v) is 23.6. The molecule has 0 spiro atoms. The lowest BCUT2D eigenvalue weighted by molar-refractivity contribution is -0.254. The molecule has 1 aliphatic rings. The number of alkyl halides is 6. The van der Waals surface area contributed by atoms with Crippen molar-refractivity contribution in [1.29, 1.82) is 0 Å². The van der Waals surface area contributed by atoms with Gasteiger partial charge in [-0.2, -0.15) is 26.3 Å². The quantitative estimate of drug-likeness (QED) is 0.188. The highest BCUT2D eigenvalue weighted by atomic mass is 32.1. The highest BCUT2D eigenvalue weighted by Gasteiger charge is 2.80. The first-order valence-corrected chi connectivity index (χ1v) is 14.5. The first-order chi connectivity index (χ1) is 18.9. The van der Waals surface area contributed by atoms with Crippen molar-refractivity contribution < 1.29 is 26.3 Å². The molecule has 2 heterocycles. The van der Waals surface area contributed by atoms with E-state index < -0.39 is 28.9 Å². The molecule has 0 bridgehead atoms. The minimum atomic E-state index is -5.61. The van der Waals surface area contributed by atoms with Crippen LogP contribution in [0.4, 0.5) is 26.3 Å². The van der Waals surface area contributed by atoms with Crippen molar-refractivity contribution in [3.8, 4) is 20.9 Å². The number of rotatable bonds is 7. The summed E-state index contributed by atoms with van der Waals surface area (Å²) in [6, 6.07) is 20.3. The van der Waals surface area contributed by atoms with Crippen molar-refractivity contribution in [1.82, 2.24) is 0 Å². The van der Waals surface area contributed by atoms with Gasteiger partial charge < -0.3 is 0 Å². The van der Waals surface area contributed by atoms with Crippen molar-refractivity contribution >= 4 is 39.9 Å². The Morgan fingerprint density at radius 3 is 1.73 bits per heavy atom. The van der Waals surface area contributed by atoms with E-state index >= 15 is 26.3 Å². The van der Waals surface area contributed by atoms with Crippen LogP contribution in [0.5, 0.6) is 0 Å². The van der Waals surface area contributed by atoms with Gasteiger partial charge in [-0.15, -0.1) is 22.7 Å². The fourth-order valence-electron chi connectivity index (χ4n) is 4.76. The van der Waals surface area contributed by atoms with Gasteiger partial charge in [-0.25, -0.2) is 0 Å². The van der Waals surface area contributed by atoms with Crippen molar-refractivity contribution in [2.24, 2.45) is 5.92 Å². The lowest BCUT2D eigenvalue weighted by Crippen LogP contribution is -2.48. The van der Waals surface area contributed by atoms with Crippen LogP contribution in [0.1, 0.15) is 41.1 Å². The van der Waals surface area contributed by atoms with E-state index in [-0.39, 0.29) is 26.8 Å². The summed E-state index contributed by atoms with van der Waals surface area (Å²) in [7, 11) is 0. The second kappa shape index (κ2) is 10.4. The molecular weight excluding hydrogens is 562 g/mol. The minimum Gasteiger partial charge on any atom is -0.194 e. The second-order valence-electron chi connectivity index (χ2n) is 9.92. The fourth-order valence-corrected chi connectivity index (χ4v) is 6.88. The molecule has 8 heteroatoms. The van der Waals surface area contributed by atoms with E-state index in [1.165, 1.54) is 19.1 Å². The van der Waals surface area contributed by atoms with E-state index in [2.05, 4.69) is 0 Å². The van der Waals surface area contributed by atoms with Crippen molar-refractivity contribution in [2.45, 2.75) is 45.0 Å². The van der Waals surface area contributed by atoms with Crippen LogP contribution < -0.4 is 0 Å². The summed E-state index contributed by atoms with van der Waals surface area (Å²) < 4.78 is 92.9. The first-order valence-electron chi connectivity index (χ1n) is 12.8. The Hall–Kier alpha value is -3.10. The normalized spacial score (nSPS) is 18.5. The van der Waals surface area contributed by atoms with Gasteiger partial charge in [0.2, 0.25) is 0 Å². The maximum atomic E-state index is 15.7. The number of thiophene rings is 2. The van der Waals surface area contributed by atoms with Crippen LogP contribution in [0.2, 0.25) is 0 Å². The SMILES string of the molecule is CC[C@@H](C)/C=C/c1sc(-c2ccccc2)cc1C1=C(c2cc(-c3ccccc3)sc2C)C(F)(F)C(F)(F)C1(F)F. The molecule has 0 N–H and O–H groups in total. The van der Waals surface area contributed by atoms with E-state index in [0.717, 1.165) is 29.1 Å². The van der Waals surface area contributed by atoms with Crippen LogP contribution in [0, 0.1) is 12.8 Å². The minimum absolute atomic E-state index is 0.0723. The molecule has 0 fully saturated rings. The van der Waals surface area contributed by atoms with Crippen LogP contribution >= 0.6 is 22.7 Å². The van der Waals surface area contributed by atoms with Crippen molar-refractivity contribution in [3.05, 3.63) is 99.8 Å². The third-order valence-electron chi connectivity index (χ3n) is 7.22. The molecule has 0 saturated heterocycles. The standard InChI is InChI=1S/C32H26F6S2/c1-4-19(2)15-16-25-24(18-27(40-25)22-13-9-6-10-14-22)29-28(30(33,34)32(37,38)31(29,35)36)23-17-26(39-20(23)3)21-11-7-5-8-12-21/h5-19H,4H2,1-3H3/b16-15+/t19-/m1/s1. The predicted octanol–water partition coefficient (Wildman–Crippen LogP) is 11.3. The molecule has 2 aromatic heterocycles. The van der Waals surface area contributed by atoms with E-state index in [1.807, 2.05) is 13.8 Å². The van der Waals surface area contributed by atoms with Crippen LogP contribution in [0.25, 0.3) is 38.1 Å². The van der Waals surface area contributed by atoms with E-state index in [4.69, 9.17) is 0 Å². The maximum absolute atomic E-state index is 15.7. The fraction of sp³-hybridized carbons (Fsp3) is 0.250. The Morgan fingerprint density at radius 2 is 1.20 bits per heavy atom. The number of aryl methyl sites for hydroxylation is 1. The molecule has 0 aliphatic heterocycles. The smallest absolute Gasteiger partial charge is 0.194 e. The zero-order chi connectivity index (χ0) is 28.9. The third kappa shape index (κ3) is 4.55. The number of hydrogen-bond donors (Lipinski definition) is 0. The van der Waals surface area contributed by atoms with Gasteiger partial charge in [0.25, 0.3) is 0 Å². The zero-order valence-electron chi connectivity index (χ0n) is 22.0. The largest absolute Gasteiger partial charge is 0.380 e. The summed E-state index contributed by atoms with van der Waals surface area (Å²) in [5, 5.41) is 0. The molecule has 0 radical (unpaired) electrons. The van der Waals surface area contributed by atoms with Gasteiger partial charge in [0, 0.05) is 36.2 Å². The molecule has 0 saturated carbocycles. The number of allylic oxidation sites excluding steroid dienone is 3. The Balaban J connectivity index is 1.82. The molecule has 0 amide bonds. The second-order valence-corrected chi connectivity index (χ2v) is 12.3. The summed E-state index contributed by atoms with van der Waals surface area (Å²) in [5.74, 6) is -15.7. The number of hydrogen-bond acceptors (Lipinski definition) is 2. The van der Waals surface area contributed by atoms with Gasteiger partial charge in [-0.05, 0) is 47.7 Å². The molecule has 2 aromatic carbocycles. The van der Waals surface area contributed by atoms with Crippen LogP contribution in [0.15, 0.2) is 78.9 Å². The Kier molecular flexibility index (Phi) is 7.38. The Morgan fingerprint density at radius 1 is 0.725 bits per heavy atom. The topological polar surface area (TPSA) is 0 Å². The first kappa shape index (κ1) is 28.4. The maximum Gasteiger partial charge on any atom is 0.380 e. The highest BCUT2D eigenvalue weighted by molar-refractivity contribution is 7.16. The molecule has 208 valence electrons. The number of benzene rings is 2. The van der Waals surface area contributed by atoms with Crippen molar-refractivity contribution in [2.75, 3.05) is 0 Å². The summed E-state index contributed by atoms with van der Waals surface area (Å²) >= 11 is 2.22. The molecule has 1 atom stereocenters. The van der Waals surface area contributed by atoms with Gasteiger partial charge in [0.05, 0.1) is 0 Å². The van der Waals surface area contributed by atoms with E-state index in [9.17, 15) is 0 Å². The van der Waals surface area contributed by atoms with Crippen LogP contribution in [-0.2, 0) is 0 Å². The Labute approximate surface area is 237 Å². The van der Waals surface area contributed by atoms with E-state index in [1.54, 1.807) is 72.8 Å². The molecule has 4 aromatic rings. The van der Waals surface area contributed by atoms with Gasteiger partial charge in [0.1, 0.15) is 0 Å². The monoisotopic (exact) mass is 588 g/mol. The molecule has 0 unspecified atom stereocenters. The van der Waals surface area contributed by atoms with Crippen LogP contribution in [-0.4, -0.2) is 17.8 Å². The lowest BCUT2D eigenvalue weighted by atomic mass is 9.94. The summed E-state index contributed by atoms with van der Waals surface area (Å²) in [5.41, 5.74) is -1.85. The highest BCUT2D eigenvalue weighted by Crippen LogP contribution is 2.66. The Bertz CT molecular complexity index is 1580. The average molecular weight is 589 g/mol. The average Bonchev–Trinajstić information content (AvgIpc) is 3.56.